The van der Waals surface area contributed by atoms with Crippen molar-refractivity contribution in [3.05, 3.63) is 82.3 Å². The maximum Gasteiger partial charge on any atom is 0.275 e. The summed E-state index contributed by atoms with van der Waals surface area (Å²) >= 11 is 0. The molecule has 1 heterocycles. The molecule has 114 valence electrons. The summed E-state index contributed by atoms with van der Waals surface area (Å²) in [6, 6.07) is 18.1. The van der Waals surface area contributed by atoms with Crippen LogP contribution < -0.4 is 10.9 Å². The standard InChI is InChI=1S/C18H15N3O2/c1-12-15(20-17(22)14-10-6-3-7-11-14)18(23)21-16(19-12)13-8-4-2-5-9-13/h2-11H,1H3,(H,20,22)(H,19,21,23). The van der Waals surface area contributed by atoms with Crippen molar-refractivity contribution in [1.82, 2.24) is 9.97 Å². The SMILES string of the molecule is Cc1nc(-c2ccccc2)[nH]c(=O)c1NC(=O)c1ccccc1. The van der Waals surface area contributed by atoms with Gasteiger partial charge in [0.2, 0.25) is 0 Å². The number of aromatic amines is 1. The number of rotatable bonds is 3. The molecule has 0 fully saturated rings. The summed E-state index contributed by atoms with van der Waals surface area (Å²) in [7, 11) is 0. The monoisotopic (exact) mass is 305 g/mol. The van der Waals surface area contributed by atoms with Crippen molar-refractivity contribution in [3.63, 3.8) is 0 Å². The second-order valence-electron chi connectivity index (χ2n) is 5.06. The highest BCUT2D eigenvalue weighted by Crippen LogP contribution is 2.16. The fourth-order valence-electron chi connectivity index (χ4n) is 2.24. The minimum Gasteiger partial charge on any atom is -0.316 e. The molecular weight excluding hydrogens is 290 g/mol. The van der Waals surface area contributed by atoms with Gasteiger partial charge < -0.3 is 10.3 Å². The number of hydrogen-bond donors (Lipinski definition) is 2. The molecule has 2 aromatic carbocycles. The lowest BCUT2D eigenvalue weighted by atomic mass is 10.2. The molecule has 0 saturated carbocycles. The van der Waals surface area contributed by atoms with E-state index in [1.54, 1.807) is 31.2 Å². The van der Waals surface area contributed by atoms with Crippen LogP contribution in [0.15, 0.2) is 65.5 Å². The molecule has 0 radical (unpaired) electrons. The van der Waals surface area contributed by atoms with E-state index in [2.05, 4.69) is 15.3 Å². The minimum absolute atomic E-state index is 0.165. The van der Waals surface area contributed by atoms with Gasteiger partial charge in [0.25, 0.3) is 11.5 Å². The second kappa shape index (κ2) is 6.27. The van der Waals surface area contributed by atoms with E-state index in [9.17, 15) is 9.59 Å². The number of aryl methyl sites for hydroxylation is 1. The third-order valence-electron chi connectivity index (χ3n) is 3.42. The van der Waals surface area contributed by atoms with Crippen LogP contribution in [0.3, 0.4) is 0 Å². The Balaban J connectivity index is 1.93. The smallest absolute Gasteiger partial charge is 0.275 e. The first-order chi connectivity index (χ1) is 11.1. The molecular formula is C18H15N3O2. The van der Waals surface area contributed by atoms with Crippen LogP contribution in [0.1, 0.15) is 16.1 Å². The molecule has 0 unspecified atom stereocenters. The van der Waals surface area contributed by atoms with Crippen molar-refractivity contribution < 1.29 is 4.79 Å². The van der Waals surface area contributed by atoms with Crippen molar-refractivity contribution in [2.75, 3.05) is 5.32 Å². The molecule has 0 atom stereocenters. The van der Waals surface area contributed by atoms with E-state index in [-0.39, 0.29) is 17.2 Å². The van der Waals surface area contributed by atoms with E-state index >= 15 is 0 Å². The largest absolute Gasteiger partial charge is 0.316 e. The number of anilines is 1. The first kappa shape index (κ1) is 14.7. The lowest BCUT2D eigenvalue weighted by molar-refractivity contribution is 0.102. The van der Waals surface area contributed by atoms with Crippen molar-refractivity contribution in [2.24, 2.45) is 0 Å². The van der Waals surface area contributed by atoms with Gasteiger partial charge in [0.1, 0.15) is 11.5 Å². The summed E-state index contributed by atoms with van der Waals surface area (Å²) in [5.41, 5.74) is 1.56. The highest BCUT2D eigenvalue weighted by molar-refractivity contribution is 6.04. The van der Waals surface area contributed by atoms with Gasteiger partial charge in [-0.2, -0.15) is 0 Å². The number of H-pyrrole nitrogens is 1. The molecule has 23 heavy (non-hydrogen) atoms. The number of hydrogen-bond acceptors (Lipinski definition) is 3. The number of nitrogens with zero attached hydrogens (tertiary/aromatic N) is 1. The van der Waals surface area contributed by atoms with Gasteiger partial charge in [0.05, 0.1) is 5.69 Å². The quantitative estimate of drug-likeness (QED) is 0.781. The number of carbonyl (C=O) groups excluding carboxylic acids is 1. The van der Waals surface area contributed by atoms with E-state index in [1.165, 1.54) is 0 Å². The van der Waals surface area contributed by atoms with Crippen molar-refractivity contribution in [1.29, 1.82) is 0 Å². The molecule has 0 saturated heterocycles. The molecule has 0 bridgehead atoms. The number of nitrogens with one attached hydrogen (secondary N) is 2. The van der Waals surface area contributed by atoms with Crippen LogP contribution in [-0.2, 0) is 0 Å². The van der Waals surface area contributed by atoms with Crippen LogP contribution in [0.5, 0.6) is 0 Å². The molecule has 0 aliphatic carbocycles. The summed E-state index contributed by atoms with van der Waals surface area (Å²) in [5, 5.41) is 2.63. The molecule has 5 nitrogen and oxygen atoms in total. The van der Waals surface area contributed by atoms with Gasteiger partial charge in [-0.15, -0.1) is 0 Å². The van der Waals surface area contributed by atoms with Crippen LogP contribution in [0.25, 0.3) is 11.4 Å². The summed E-state index contributed by atoms with van der Waals surface area (Å²) < 4.78 is 0. The Labute approximate surface area is 133 Å². The average molecular weight is 305 g/mol. The summed E-state index contributed by atoms with van der Waals surface area (Å²) in [4.78, 5) is 31.6. The normalized spacial score (nSPS) is 10.3. The summed E-state index contributed by atoms with van der Waals surface area (Å²) in [5.74, 6) is 0.138. The van der Waals surface area contributed by atoms with Crippen molar-refractivity contribution in [3.8, 4) is 11.4 Å². The maximum absolute atomic E-state index is 12.3. The van der Waals surface area contributed by atoms with Crippen LogP contribution in [0, 0.1) is 6.92 Å². The zero-order valence-corrected chi connectivity index (χ0v) is 12.5. The van der Waals surface area contributed by atoms with E-state index in [0.29, 0.717) is 17.1 Å². The zero-order valence-electron chi connectivity index (χ0n) is 12.5. The van der Waals surface area contributed by atoms with Crippen molar-refractivity contribution in [2.45, 2.75) is 6.92 Å². The zero-order chi connectivity index (χ0) is 16.2. The first-order valence-corrected chi connectivity index (χ1v) is 7.18. The molecule has 5 heteroatoms. The number of aromatic nitrogens is 2. The number of benzene rings is 2. The van der Waals surface area contributed by atoms with Gasteiger partial charge in [-0.05, 0) is 19.1 Å². The Morgan fingerprint density at radius 3 is 2.22 bits per heavy atom. The van der Waals surface area contributed by atoms with E-state index in [0.717, 1.165) is 5.56 Å². The van der Waals surface area contributed by atoms with E-state index in [4.69, 9.17) is 0 Å². The van der Waals surface area contributed by atoms with Gasteiger partial charge in [0, 0.05) is 11.1 Å². The molecule has 1 amide bonds. The lowest BCUT2D eigenvalue weighted by Gasteiger charge is -2.09. The topological polar surface area (TPSA) is 74.8 Å². The minimum atomic E-state index is -0.374. The Morgan fingerprint density at radius 2 is 1.61 bits per heavy atom. The van der Waals surface area contributed by atoms with Crippen molar-refractivity contribution >= 4 is 11.6 Å². The Bertz CT molecular complexity index is 887. The first-order valence-electron chi connectivity index (χ1n) is 7.18. The van der Waals surface area contributed by atoms with E-state index < -0.39 is 0 Å². The van der Waals surface area contributed by atoms with Crippen LogP contribution in [-0.4, -0.2) is 15.9 Å². The third kappa shape index (κ3) is 3.18. The molecule has 0 spiro atoms. The van der Waals surface area contributed by atoms with Gasteiger partial charge >= 0.3 is 0 Å². The van der Waals surface area contributed by atoms with Crippen LogP contribution in [0.2, 0.25) is 0 Å². The molecule has 0 aliphatic heterocycles. The lowest BCUT2D eigenvalue weighted by Crippen LogP contribution is -2.22. The van der Waals surface area contributed by atoms with Gasteiger partial charge in [0.15, 0.2) is 0 Å². The highest BCUT2D eigenvalue weighted by Gasteiger charge is 2.13. The predicted octanol–water partition coefficient (Wildman–Crippen LogP) is 3.00. The highest BCUT2D eigenvalue weighted by atomic mass is 16.2. The maximum atomic E-state index is 12.3. The predicted molar refractivity (Wildman–Crippen MR) is 89.4 cm³/mol. The van der Waals surface area contributed by atoms with Crippen LogP contribution >= 0.6 is 0 Å². The number of amides is 1. The molecule has 2 N–H and O–H groups in total. The third-order valence-corrected chi connectivity index (χ3v) is 3.42. The Hall–Kier alpha value is -3.21. The van der Waals surface area contributed by atoms with Gasteiger partial charge in [-0.25, -0.2) is 4.98 Å². The van der Waals surface area contributed by atoms with Crippen LogP contribution in [0.4, 0.5) is 5.69 Å². The fourth-order valence-corrected chi connectivity index (χ4v) is 2.24. The Kier molecular flexibility index (Phi) is 4.01. The fraction of sp³-hybridized carbons (Fsp3) is 0.0556. The molecule has 3 rings (SSSR count). The van der Waals surface area contributed by atoms with E-state index in [1.807, 2.05) is 36.4 Å². The van der Waals surface area contributed by atoms with Gasteiger partial charge in [-0.1, -0.05) is 48.5 Å². The molecule has 0 aliphatic rings. The Morgan fingerprint density at radius 1 is 1.00 bits per heavy atom. The second-order valence-corrected chi connectivity index (χ2v) is 5.06. The summed E-state index contributed by atoms with van der Waals surface area (Å²) in [6.45, 7) is 1.70. The molecule has 3 aromatic rings. The van der Waals surface area contributed by atoms with Gasteiger partial charge in [-0.3, -0.25) is 9.59 Å². The molecule has 1 aromatic heterocycles. The average Bonchev–Trinajstić information content (AvgIpc) is 2.59. The summed E-state index contributed by atoms with van der Waals surface area (Å²) in [6.07, 6.45) is 0. The number of carbonyl (C=O) groups is 1.